The SMILES string of the molecule is COC(=O)c1ccc(-n2nc3ccc(OC)cc3c2OC)cc1. The number of esters is 1. The topological polar surface area (TPSA) is 62.6 Å². The first kappa shape index (κ1) is 14.9. The number of aromatic nitrogens is 2. The lowest BCUT2D eigenvalue weighted by Crippen LogP contribution is -2.03. The fourth-order valence-electron chi connectivity index (χ4n) is 2.40. The molecule has 118 valence electrons. The summed E-state index contributed by atoms with van der Waals surface area (Å²) in [5.41, 5.74) is 2.05. The van der Waals surface area contributed by atoms with E-state index in [2.05, 4.69) is 5.10 Å². The molecule has 0 saturated heterocycles. The van der Waals surface area contributed by atoms with Crippen LogP contribution in [-0.2, 0) is 4.74 Å². The van der Waals surface area contributed by atoms with E-state index >= 15 is 0 Å². The fraction of sp³-hybridized carbons (Fsp3) is 0.176. The van der Waals surface area contributed by atoms with Crippen LogP contribution in [0.25, 0.3) is 16.6 Å². The predicted molar refractivity (Wildman–Crippen MR) is 85.5 cm³/mol. The molecular formula is C17H16N2O4. The van der Waals surface area contributed by atoms with Crippen molar-refractivity contribution in [3.63, 3.8) is 0 Å². The van der Waals surface area contributed by atoms with E-state index in [0.29, 0.717) is 11.4 Å². The number of carbonyl (C=O) groups excluding carboxylic acids is 1. The fourth-order valence-corrected chi connectivity index (χ4v) is 2.40. The number of nitrogens with zero attached hydrogens (tertiary/aromatic N) is 2. The van der Waals surface area contributed by atoms with Gasteiger partial charge in [-0.05, 0) is 42.5 Å². The van der Waals surface area contributed by atoms with Crippen molar-refractivity contribution >= 4 is 16.9 Å². The molecule has 0 aliphatic carbocycles. The first-order chi connectivity index (χ1) is 11.2. The summed E-state index contributed by atoms with van der Waals surface area (Å²) in [5.74, 6) is 0.958. The van der Waals surface area contributed by atoms with Crippen LogP contribution < -0.4 is 9.47 Å². The Balaban J connectivity index is 2.10. The van der Waals surface area contributed by atoms with Gasteiger partial charge in [-0.2, -0.15) is 9.78 Å². The second-order valence-electron chi connectivity index (χ2n) is 4.84. The van der Waals surface area contributed by atoms with Crippen molar-refractivity contribution in [1.82, 2.24) is 9.78 Å². The molecule has 0 radical (unpaired) electrons. The summed E-state index contributed by atoms with van der Waals surface area (Å²) in [6.07, 6.45) is 0. The van der Waals surface area contributed by atoms with Crippen LogP contribution in [0.5, 0.6) is 11.6 Å². The Labute approximate surface area is 133 Å². The van der Waals surface area contributed by atoms with E-state index in [4.69, 9.17) is 14.2 Å². The number of fused-ring (bicyclic) bond motifs is 1. The average molecular weight is 312 g/mol. The first-order valence-electron chi connectivity index (χ1n) is 6.97. The lowest BCUT2D eigenvalue weighted by atomic mass is 10.2. The quantitative estimate of drug-likeness (QED) is 0.693. The third-order valence-electron chi connectivity index (χ3n) is 3.56. The number of hydrogen-bond donors (Lipinski definition) is 0. The second kappa shape index (κ2) is 6.00. The highest BCUT2D eigenvalue weighted by Crippen LogP contribution is 2.31. The number of ether oxygens (including phenoxy) is 3. The van der Waals surface area contributed by atoms with Gasteiger partial charge in [0.1, 0.15) is 5.75 Å². The maximum absolute atomic E-state index is 11.5. The minimum atomic E-state index is -0.376. The number of benzene rings is 2. The monoisotopic (exact) mass is 312 g/mol. The summed E-state index contributed by atoms with van der Waals surface area (Å²) in [4.78, 5) is 11.5. The van der Waals surface area contributed by atoms with E-state index < -0.39 is 0 Å². The van der Waals surface area contributed by atoms with Crippen LogP contribution in [0, 0.1) is 0 Å². The third-order valence-corrected chi connectivity index (χ3v) is 3.56. The van der Waals surface area contributed by atoms with Gasteiger partial charge in [0.25, 0.3) is 0 Å². The maximum atomic E-state index is 11.5. The van der Waals surface area contributed by atoms with Gasteiger partial charge >= 0.3 is 5.97 Å². The molecule has 0 spiro atoms. The highest BCUT2D eigenvalue weighted by molar-refractivity contribution is 5.90. The Morgan fingerprint density at radius 2 is 1.74 bits per heavy atom. The molecule has 1 heterocycles. The Bertz CT molecular complexity index is 853. The molecule has 3 aromatic rings. The Morgan fingerprint density at radius 1 is 1.00 bits per heavy atom. The summed E-state index contributed by atoms with van der Waals surface area (Å²) in [6.45, 7) is 0. The van der Waals surface area contributed by atoms with Crippen molar-refractivity contribution in [2.45, 2.75) is 0 Å². The lowest BCUT2D eigenvalue weighted by molar-refractivity contribution is 0.0601. The van der Waals surface area contributed by atoms with E-state index in [1.807, 2.05) is 18.2 Å². The summed E-state index contributed by atoms with van der Waals surface area (Å²) in [6, 6.07) is 12.5. The zero-order valence-corrected chi connectivity index (χ0v) is 13.1. The first-order valence-corrected chi connectivity index (χ1v) is 6.97. The van der Waals surface area contributed by atoms with E-state index in [1.54, 1.807) is 43.2 Å². The van der Waals surface area contributed by atoms with Crippen molar-refractivity contribution in [3.8, 4) is 17.3 Å². The predicted octanol–water partition coefficient (Wildman–Crippen LogP) is 2.83. The van der Waals surface area contributed by atoms with Gasteiger partial charge in [-0.3, -0.25) is 0 Å². The van der Waals surface area contributed by atoms with Gasteiger partial charge in [0.2, 0.25) is 5.88 Å². The smallest absolute Gasteiger partial charge is 0.337 e. The molecule has 6 heteroatoms. The van der Waals surface area contributed by atoms with Gasteiger partial charge in [0.05, 0.1) is 43.5 Å². The Kier molecular flexibility index (Phi) is 3.89. The molecule has 0 aliphatic rings. The number of carbonyl (C=O) groups is 1. The molecule has 0 bridgehead atoms. The van der Waals surface area contributed by atoms with Crippen LogP contribution in [0.1, 0.15) is 10.4 Å². The van der Waals surface area contributed by atoms with E-state index in [1.165, 1.54) is 7.11 Å². The molecule has 1 aromatic heterocycles. The van der Waals surface area contributed by atoms with Crippen LogP contribution in [0.15, 0.2) is 42.5 Å². The highest BCUT2D eigenvalue weighted by Gasteiger charge is 2.15. The molecule has 0 amide bonds. The summed E-state index contributed by atoms with van der Waals surface area (Å²) in [7, 11) is 4.56. The van der Waals surface area contributed by atoms with Gasteiger partial charge in [0.15, 0.2) is 0 Å². The van der Waals surface area contributed by atoms with Crippen LogP contribution in [0.2, 0.25) is 0 Å². The zero-order chi connectivity index (χ0) is 16.4. The highest BCUT2D eigenvalue weighted by atomic mass is 16.5. The van der Waals surface area contributed by atoms with Gasteiger partial charge in [-0.1, -0.05) is 0 Å². The van der Waals surface area contributed by atoms with Crippen LogP contribution in [0.4, 0.5) is 0 Å². The molecule has 23 heavy (non-hydrogen) atoms. The maximum Gasteiger partial charge on any atom is 0.337 e. The molecule has 0 unspecified atom stereocenters. The van der Waals surface area contributed by atoms with E-state index in [0.717, 1.165) is 22.3 Å². The zero-order valence-electron chi connectivity index (χ0n) is 13.1. The number of hydrogen-bond acceptors (Lipinski definition) is 5. The van der Waals surface area contributed by atoms with E-state index in [9.17, 15) is 4.79 Å². The molecular weight excluding hydrogens is 296 g/mol. The second-order valence-corrected chi connectivity index (χ2v) is 4.84. The summed E-state index contributed by atoms with van der Waals surface area (Å²) < 4.78 is 17.1. The van der Waals surface area contributed by atoms with Crippen molar-refractivity contribution in [2.75, 3.05) is 21.3 Å². The average Bonchev–Trinajstić information content (AvgIpc) is 2.98. The van der Waals surface area contributed by atoms with Crippen molar-refractivity contribution in [1.29, 1.82) is 0 Å². The van der Waals surface area contributed by atoms with Crippen LogP contribution >= 0.6 is 0 Å². The number of methoxy groups -OCH3 is 3. The van der Waals surface area contributed by atoms with Gasteiger partial charge in [-0.25, -0.2) is 4.79 Å². The molecule has 0 atom stereocenters. The molecule has 2 aromatic carbocycles. The normalized spacial score (nSPS) is 10.6. The molecule has 3 rings (SSSR count). The minimum absolute atomic E-state index is 0.376. The Morgan fingerprint density at radius 3 is 2.35 bits per heavy atom. The van der Waals surface area contributed by atoms with Crippen molar-refractivity contribution in [2.24, 2.45) is 0 Å². The van der Waals surface area contributed by atoms with Crippen molar-refractivity contribution < 1.29 is 19.0 Å². The van der Waals surface area contributed by atoms with E-state index in [-0.39, 0.29) is 5.97 Å². The number of rotatable bonds is 4. The van der Waals surface area contributed by atoms with Gasteiger partial charge < -0.3 is 14.2 Å². The molecule has 0 N–H and O–H groups in total. The molecule has 0 saturated carbocycles. The third kappa shape index (κ3) is 2.59. The molecule has 0 aliphatic heterocycles. The lowest BCUT2D eigenvalue weighted by Gasteiger charge is -2.07. The summed E-state index contributed by atoms with van der Waals surface area (Å²) >= 11 is 0. The minimum Gasteiger partial charge on any atom is -0.497 e. The molecule has 0 fully saturated rings. The van der Waals surface area contributed by atoms with Crippen molar-refractivity contribution in [3.05, 3.63) is 48.0 Å². The molecule has 6 nitrogen and oxygen atoms in total. The summed E-state index contributed by atoms with van der Waals surface area (Å²) in [5, 5.41) is 5.39. The Hall–Kier alpha value is -3.02. The van der Waals surface area contributed by atoms with Gasteiger partial charge in [0, 0.05) is 0 Å². The largest absolute Gasteiger partial charge is 0.497 e. The van der Waals surface area contributed by atoms with Crippen LogP contribution in [-0.4, -0.2) is 37.1 Å². The van der Waals surface area contributed by atoms with Gasteiger partial charge in [-0.15, -0.1) is 0 Å². The van der Waals surface area contributed by atoms with Crippen LogP contribution in [0.3, 0.4) is 0 Å². The standard InChI is InChI=1S/C17H16N2O4/c1-21-13-8-9-15-14(10-13)16(22-2)19(18-15)12-6-4-11(5-7-12)17(20)23-3/h4-10H,1-3H3.